The zero-order valence-corrected chi connectivity index (χ0v) is 11.1. The zero-order valence-electron chi connectivity index (χ0n) is 11.1. The number of benzene rings is 1. The van der Waals surface area contributed by atoms with Crippen molar-refractivity contribution in [1.29, 1.82) is 0 Å². The highest BCUT2D eigenvalue weighted by Crippen LogP contribution is 2.42. The Morgan fingerprint density at radius 2 is 1.83 bits per heavy atom. The van der Waals surface area contributed by atoms with Gasteiger partial charge in [-0.1, -0.05) is 6.08 Å². The topological polar surface area (TPSA) is 47.9 Å². The highest BCUT2D eigenvalue weighted by molar-refractivity contribution is 5.56. The summed E-state index contributed by atoms with van der Waals surface area (Å²) in [5.74, 6) is 1.58. The predicted molar refractivity (Wildman–Crippen MR) is 70.5 cm³/mol. The van der Waals surface area contributed by atoms with E-state index in [1.807, 2.05) is 0 Å². The van der Waals surface area contributed by atoms with Crippen molar-refractivity contribution in [2.24, 2.45) is 0 Å². The van der Waals surface area contributed by atoms with Gasteiger partial charge < -0.3 is 19.3 Å². The van der Waals surface area contributed by atoms with Crippen LogP contribution in [0.2, 0.25) is 0 Å². The molecule has 1 aromatic rings. The molecule has 100 valence electrons. The third-order valence-electron chi connectivity index (χ3n) is 2.74. The molecule has 0 saturated carbocycles. The zero-order chi connectivity index (χ0) is 13.5. The number of hydrogen-bond donors (Lipinski definition) is 1. The Hall–Kier alpha value is -1.68. The molecular weight excluding hydrogens is 232 g/mol. The Morgan fingerprint density at radius 1 is 1.17 bits per heavy atom. The molecule has 4 heteroatoms. The normalized spacial score (nSPS) is 11.8. The summed E-state index contributed by atoms with van der Waals surface area (Å²) in [6.07, 6.45) is 2.49. The summed E-state index contributed by atoms with van der Waals surface area (Å²) in [5, 5.41) is 10.1. The van der Waals surface area contributed by atoms with Crippen LogP contribution in [0.3, 0.4) is 0 Å². The van der Waals surface area contributed by atoms with Crippen LogP contribution in [-0.4, -0.2) is 26.4 Å². The maximum absolute atomic E-state index is 10.1. The standard InChI is InChI=1S/C14H20O4/c1-5-6-7-11(15)10-8-9-12(16-2)14(18-4)13(10)17-3/h5,8-9,11,15H,1,6-7H2,2-4H3. The van der Waals surface area contributed by atoms with E-state index in [0.717, 1.165) is 6.42 Å². The fourth-order valence-electron chi connectivity index (χ4n) is 1.82. The minimum Gasteiger partial charge on any atom is -0.493 e. The first-order valence-electron chi connectivity index (χ1n) is 5.77. The van der Waals surface area contributed by atoms with Gasteiger partial charge in [-0.25, -0.2) is 0 Å². The highest BCUT2D eigenvalue weighted by Gasteiger charge is 2.20. The maximum Gasteiger partial charge on any atom is 0.203 e. The van der Waals surface area contributed by atoms with E-state index >= 15 is 0 Å². The van der Waals surface area contributed by atoms with E-state index in [1.54, 1.807) is 39.5 Å². The van der Waals surface area contributed by atoms with Crippen LogP contribution >= 0.6 is 0 Å². The number of hydrogen-bond acceptors (Lipinski definition) is 4. The van der Waals surface area contributed by atoms with Gasteiger partial charge in [0.15, 0.2) is 11.5 Å². The fraction of sp³-hybridized carbons (Fsp3) is 0.429. The molecule has 18 heavy (non-hydrogen) atoms. The molecule has 1 atom stereocenters. The highest BCUT2D eigenvalue weighted by atomic mass is 16.5. The Labute approximate surface area is 108 Å². The Kier molecular flexibility index (Phi) is 5.52. The summed E-state index contributed by atoms with van der Waals surface area (Å²) in [6.45, 7) is 3.64. The first kappa shape index (κ1) is 14.4. The predicted octanol–water partition coefficient (Wildman–Crippen LogP) is 2.71. The van der Waals surface area contributed by atoms with E-state index < -0.39 is 6.10 Å². The average molecular weight is 252 g/mol. The van der Waals surface area contributed by atoms with E-state index in [-0.39, 0.29) is 0 Å². The van der Waals surface area contributed by atoms with E-state index in [2.05, 4.69) is 6.58 Å². The van der Waals surface area contributed by atoms with Crippen molar-refractivity contribution in [3.05, 3.63) is 30.4 Å². The minimum absolute atomic E-state index is 0.496. The summed E-state index contributed by atoms with van der Waals surface area (Å²) >= 11 is 0. The molecule has 4 nitrogen and oxygen atoms in total. The SMILES string of the molecule is C=CCCC(O)c1ccc(OC)c(OC)c1OC. The summed E-state index contributed by atoms with van der Waals surface area (Å²) < 4.78 is 15.8. The molecule has 1 rings (SSSR count). The molecule has 0 aliphatic rings. The van der Waals surface area contributed by atoms with Crippen LogP contribution in [0.25, 0.3) is 0 Å². The monoisotopic (exact) mass is 252 g/mol. The lowest BCUT2D eigenvalue weighted by Gasteiger charge is -2.18. The third kappa shape index (κ3) is 2.96. The van der Waals surface area contributed by atoms with E-state index in [0.29, 0.717) is 29.2 Å². The van der Waals surface area contributed by atoms with Crippen molar-refractivity contribution >= 4 is 0 Å². The van der Waals surface area contributed by atoms with Gasteiger partial charge in [-0.05, 0) is 25.0 Å². The Morgan fingerprint density at radius 3 is 2.33 bits per heavy atom. The molecule has 0 heterocycles. The van der Waals surface area contributed by atoms with Gasteiger partial charge in [-0.2, -0.15) is 0 Å². The largest absolute Gasteiger partial charge is 0.493 e. The van der Waals surface area contributed by atoms with Gasteiger partial charge in [0.2, 0.25) is 5.75 Å². The second-order valence-corrected chi connectivity index (χ2v) is 3.81. The van der Waals surface area contributed by atoms with E-state index in [1.165, 1.54) is 0 Å². The summed E-state index contributed by atoms with van der Waals surface area (Å²) in [6, 6.07) is 3.54. The molecule has 0 aliphatic heterocycles. The third-order valence-corrected chi connectivity index (χ3v) is 2.74. The molecule has 0 spiro atoms. The van der Waals surface area contributed by atoms with Crippen LogP contribution in [-0.2, 0) is 0 Å². The number of aliphatic hydroxyl groups excluding tert-OH is 1. The molecule has 0 amide bonds. The molecule has 0 radical (unpaired) electrons. The van der Waals surface area contributed by atoms with Crippen LogP contribution < -0.4 is 14.2 Å². The quantitative estimate of drug-likeness (QED) is 0.758. The average Bonchev–Trinajstić information content (AvgIpc) is 2.42. The summed E-state index contributed by atoms with van der Waals surface area (Å²) in [4.78, 5) is 0. The Balaban J connectivity index is 3.15. The molecule has 1 N–H and O–H groups in total. The summed E-state index contributed by atoms with van der Waals surface area (Å²) in [5.41, 5.74) is 0.692. The minimum atomic E-state index is -0.613. The number of methoxy groups -OCH3 is 3. The molecule has 0 saturated heterocycles. The van der Waals surface area contributed by atoms with Gasteiger partial charge in [0.25, 0.3) is 0 Å². The van der Waals surface area contributed by atoms with Gasteiger partial charge in [-0.15, -0.1) is 6.58 Å². The lowest BCUT2D eigenvalue weighted by molar-refractivity contribution is 0.163. The number of aliphatic hydroxyl groups is 1. The van der Waals surface area contributed by atoms with Gasteiger partial charge >= 0.3 is 0 Å². The number of rotatable bonds is 7. The van der Waals surface area contributed by atoms with Crippen LogP contribution in [0.15, 0.2) is 24.8 Å². The summed E-state index contributed by atoms with van der Waals surface area (Å²) in [7, 11) is 4.65. The van der Waals surface area contributed by atoms with Crippen molar-refractivity contribution in [2.75, 3.05) is 21.3 Å². The number of ether oxygens (including phenoxy) is 3. The molecule has 0 aromatic heterocycles. The molecule has 0 aliphatic carbocycles. The van der Waals surface area contributed by atoms with Crippen LogP contribution in [0.5, 0.6) is 17.2 Å². The van der Waals surface area contributed by atoms with Gasteiger partial charge in [0, 0.05) is 5.56 Å². The van der Waals surface area contributed by atoms with Crippen LogP contribution in [0.4, 0.5) is 0 Å². The van der Waals surface area contributed by atoms with Crippen molar-refractivity contribution < 1.29 is 19.3 Å². The number of allylic oxidation sites excluding steroid dienone is 1. The second kappa shape index (κ2) is 6.91. The van der Waals surface area contributed by atoms with Crippen molar-refractivity contribution in [1.82, 2.24) is 0 Å². The first-order chi connectivity index (χ1) is 8.69. The van der Waals surface area contributed by atoms with Crippen molar-refractivity contribution in [2.45, 2.75) is 18.9 Å². The van der Waals surface area contributed by atoms with Crippen LogP contribution in [0.1, 0.15) is 24.5 Å². The van der Waals surface area contributed by atoms with E-state index in [4.69, 9.17) is 14.2 Å². The molecule has 0 bridgehead atoms. The Bertz CT molecular complexity index is 401. The van der Waals surface area contributed by atoms with E-state index in [9.17, 15) is 5.11 Å². The maximum atomic E-state index is 10.1. The van der Waals surface area contributed by atoms with Crippen molar-refractivity contribution in [3.63, 3.8) is 0 Å². The molecule has 1 aromatic carbocycles. The second-order valence-electron chi connectivity index (χ2n) is 3.81. The van der Waals surface area contributed by atoms with Gasteiger partial charge in [0.1, 0.15) is 0 Å². The lowest BCUT2D eigenvalue weighted by atomic mass is 10.0. The molecular formula is C14H20O4. The fourth-order valence-corrected chi connectivity index (χ4v) is 1.82. The molecule has 0 fully saturated rings. The van der Waals surface area contributed by atoms with Gasteiger partial charge in [-0.3, -0.25) is 0 Å². The molecule has 1 unspecified atom stereocenters. The van der Waals surface area contributed by atoms with Crippen molar-refractivity contribution in [3.8, 4) is 17.2 Å². The van der Waals surface area contributed by atoms with Gasteiger partial charge in [0.05, 0.1) is 27.4 Å². The smallest absolute Gasteiger partial charge is 0.203 e. The van der Waals surface area contributed by atoms with Crippen LogP contribution in [0, 0.1) is 0 Å². The lowest BCUT2D eigenvalue weighted by Crippen LogP contribution is -2.03. The first-order valence-corrected chi connectivity index (χ1v) is 5.77.